The summed E-state index contributed by atoms with van der Waals surface area (Å²) in [5.41, 5.74) is -0.860. The van der Waals surface area contributed by atoms with Crippen molar-refractivity contribution in [3.05, 3.63) is 108 Å². The van der Waals surface area contributed by atoms with Gasteiger partial charge in [-0.3, -0.25) is 0 Å². The molecule has 0 radical (unpaired) electrons. The first kappa shape index (κ1) is 23.3. The summed E-state index contributed by atoms with van der Waals surface area (Å²) in [5, 5.41) is 0. The molecule has 2 aromatic carbocycles. The highest BCUT2D eigenvalue weighted by Crippen LogP contribution is 2.32. The van der Waals surface area contributed by atoms with Gasteiger partial charge < -0.3 is 0 Å². The maximum atomic E-state index is 13.8. The molecule has 2 nitrogen and oxygen atoms in total. The molecule has 0 bridgehead atoms. The Kier molecular flexibility index (Phi) is 5.84. The molecule has 0 fully saturated rings. The van der Waals surface area contributed by atoms with Crippen molar-refractivity contribution in [2.24, 2.45) is 0 Å². The van der Waals surface area contributed by atoms with E-state index in [-0.39, 0.29) is 11.4 Å². The number of hydrogen-bond donors (Lipinski definition) is 0. The second kappa shape index (κ2) is 8.51. The Hall–Kier alpha value is -3.82. The van der Waals surface area contributed by atoms with Gasteiger partial charge >= 0.3 is 12.4 Å². The monoisotopic (exact) mass is 482 g/mol. The Balaban J connectivity index is 1.55. The molecule has 10 heteroatoms. The largest absolute Gasteiger partial charge is 0.419 e. The zero-order chi connectivity index (χ0) is 24.7. The molecule has 0 N–H and O–H groups in total. The summed E-state index contributed by atoms with van der Waals surface area (Å²) in [4.78, 5) is 0. The third-order valence-corrected chi connectivity index (χ3v) is 5.10. The molecular formula is C24H14F8N2+2. The van der Waals surface area contributed by atoms with Crippen LogP contribution in [-0.4, -0.2) is 0 Å². The molecule has 0 saturated carbocycles. The van der Waals surface area contributed by atoms with Crippen molar-refractivity contribution in [3.63, 3.8) is 0 Å². The Bertz CT molecular complexity index is 1220. The van der Waals surface area contributed by atoms with Crippen molar-refractivity contribution in [3.8, 4) is 22.5 Å². The smallest absolute Gasteiger partial charge is 0.206 e. The van der Waals surface area contributed by atoms with Crippen molar-refractivity contribution in [2.45, 2.75) is 12.4 Å². The summed E-state index contributed by atoms with van der Waals surface area (Å²) in [6, 6.07) is 11.9. The van der Waals surface area contributed by atoms with Crippen molar-refractivity contribution >= 4 is 0 Å². The number of pyridine rings is 2. The molecule has 0 unspecified atom stereocenters. The predicted molar refractivity (Wildman–Crippen MR) is 105 cm³/mol. The molecule has 2 heterocycles. The lowest BCUT2D eigenvalue weighted by molar-refractivity contribution is -0.596. The van der Waals surface area contributed by atoms with Crippen LogP contribution in [-0.2, 0) is 12.4 Å². The summed E-state index contributed by atoms with van der Waals surface area (Å²) in [6.07, 6.45) is -3.39. The van der Waals surface area contributed by atoms with E-state index in [0.29, 0.717) is 12.1 Å². The number of aromatic nitrogens is 2. The molecule has 0 aliphatic carbocycles. The van der Waals surface area contributed by atoms with E-state index in [1.165, 1.54) is 9.13 Å². The third kappa shape index (κ3) is 4.75. The molecule has 4 aromatic rings. The molecule has 0 atom stereocenters. The van der Waals surface area contributed by atoms with E-state index >= 15 is 0 Å². The highest BCUT2D eigenvalue weighted by Gasteiger charge is 2.35. The molecule has 174 valence electrons. The van der Waals surface area contributed by atoms with Gasteiger partial charge in [0.25, 0.3) is 0 Å². The van der Waals surface area contributed by atoms with Gasteiger partial charge in [0.15, 0.2) is 24.8 Å². The first-order valence-electron chi connectivity index (χ1n) is 9.71. The van der Waals surface area contributed by atoms with E-state index < -0.39 is 35.1 Å². The van der Waals surface area contributed by atoms with Gasteiger partial charge in [-0.05, 0) is 23.3 Å². The molecule has 0 aliphatic heterocycles. The van der Waals surface area contributed by atoms with E-state index in [4.69, 9.17) is 0 Å². The topological polar surface area (TPSA) is 7.76 Å². The SMILES string of the molecule is Fc1cc(-[n+]2ccc(-c3cc[n+](-c4ccc(C(F)(F)F)c(F)c4)cc3)cc2)ccc1C(F)(F)F. The number of halogens is 8. The minimum atomic E-state index is -4.78. The Morgan fingerprint density at radius 1 is 0.471 bits per heavy atom. The average molecular weight is 482 g/mol. The van der Waals surface area contributed by atoms with E-state index in [9.17, 15) is 35.1 Å². The fourth-order valence-electron chi connectivity index (χ4n) is 3.37. The number of rotatable bonds is 3. The molecular weight excluding hydrogens is 468 g/mol. The molecule has 0 saturated heterocycles. The normalized spacial score (nSPS) is 12.1. The van der Waals surface area contributed by atoms with Gasteiger partial charge in [0.2, 0.25) is 11.4 Å². The second-order valence-electron chi connectivity index (χ2n) is 7.31. The summed E-state index contributed by atoms with van der Waals surface area (Å²) in [7, 11) is 0. The van der Waals surface area contributed by atoms with Crippen LogP contribution in [0.25, 0.3) is 22.5 Å². The fraction of sp³-hybridized carbons (Fsp3) is 0.0833. The number of nitrogens with zero attached hydrogens (tertiary/aromatic N) is 2. The average Bonchev–Trinajstić information content (AvgIpc) is 2.77. The van der Waals surface area contributed by atoms with E-state index in [1.54, 1.807) is 49.1 Å². The first-order valence-corrected chi connectivity index (χ1v) is 9.71. The van der Waals surface area contributed by atoms with Crippen molar-refractivity contribution in [2.75, 3.05) is 0 Å². The van der Waals surface area contributed by atoms with Gasteiger partial charge in [0, 0.05) is 48.5 Å². The predicted octanol–water partition coefficient (Wildman–Crippen LogP) is 6.22. The Morgan fingerprint density at radius 2 is 0.794 bits per heavy atom. The molecule has 4 rings (SSSR count). The Morgan fingerprint density at radius 3 is 1.06 bits per heavy atom. The van der Waals surface area contributed by atoms with Gasteiger partial charge in [-0.1, -0.05) is 0 Å². The van der Waals surface area contributed by atoms with E-state index in [0.717, 1.165) is 35.4 Å². The second-order valence-corrected chi connectivity index (χ2v) is 7.31. The van der Waals surface area contributed by atoms with Gasteiger partial charge in [-0.25, -0.2) is 8.78 Å². The fourth-order valence-corrected chi connectivity index (χ4v) is 3.37. The van der Waals surface area contributed by atoms with Crippen LogP contribution in [0.15, 0.2) is 85.5 Å². The number of benzene rings is 2. The van der Waals surface area contributed by atoms with Gasteiger partial charge in [-0.15, -0.1) is 0 Å². The molecule has 0 amide bonds. The Labute approximate surface area is 188 Å². The van der Waals surface area contributed by atoms with Crippen molar-refractivity contribution in [1.29, 1.82) is 0 Å². The lowest BCUT2D eigenvalue weighted by Gasteiger charge is -2.08. The molecule has 34 heavy (non-hydrogen) atoms. The highest BCUT2D eigenvalue weighted by molar-refractivity contribution is 5.61. The lowest BCUT2D eigenvalue weighted by Crippen LogP contribution is -2.30. The zero-order valence-electron chi connectivity index (χ0n) is 17.0. The van der Waals surface area contributed by atoms with Crippen LogP contribution in [0, 0.1) is 11.6 Å². The van der Waals surface area contributed by atoms with Crippen LogP contribution in [0.4, 0.5) is 35.1 Å². The minimum absolute atomic E-state index is 0.201. The maximum absolute atomic E-state index is 13.8. The van der Waals surface area contributed by atoms with Crippen LogP contribution >= 0.6 is 0 Å². The summed E-state index contributed by atoms with van der Waals surface area (Å²) in [5.74, 6) is -2.76. The summed E-state index contributed by atoms with van der Waals surface area (Å²) in [6.45, 7) is 0. The van der Waals surface area contributed by atoms with Crippen molar-refractivity contribution < 1.29 is 44.3 Å². The molecule has 2 aromatic heterocycles. The molecule has 0 aliphatic rings. The number of alkyl halides is 6. The van der Waals surface area contributed by atoms with Crippen LogP contribution < -0.4 is 9.13 Å². The van der Waals surface area contributed by atoms with Crippen LogP contribution in [0.5, 0.6) is 0 Å². The van der Waals surface area contributed by atoms with Gasteiger partial charge in [0.05, 0.1) is 11.1 Å². The van der Waals surface area contributed by atoms with Crippen molar-refractivity contribution in [1.82, 2.24) is 0 Å². The maximum Gasteiger partial charge on any atom is 0.419 e. The van der Waals surface area contributed by atoms with Crippen LogP contribution in [0.1, 0.15) is 11.1 Å². The first-order chi connectivity index (χ1) is 15.9. The lowest BCUT2D eigenvalue weighted by atomic mass is 10.1. The van der Waals surface area contributed by atoms with Crippen LogP contribution in [0.3, 0.4) is 0 Å². The summed E-state index contributed by atoms with van der Waals surface area (Å²) >= 11 is 0. The van der Waals surface area contributed by atoms with Crippen LogP contribution in [0.2, 0.25) is 0 Å². The quantitative estimate of drug-likeness (QED) is 0.242. The third-order valence-electron chi connectivity index (χ3n) is 5.10. The van der Waals surface area contributed by atoms with Gasteiger partial charge in [-0.2, -0.15) is 35.5 Å². The van der Waals surface area contributed by atoms with Gasteiger partial charge in [0.1, 0.15) is 11.6 Å². The zero-order valence-corrected chi connectivity index (χ0v) is 17.0. The minimum Gasteiger partial charge on any atom is -0.206 e. The summed E-state index contributed by atoms with van der Waals surface area (Å²) < 4.78 is 107. The highest BCUT2D eigenvalue weighted by atomic mass is 19.4. The van der Waals surface area contributed by atoms with E-state index in [2.05, 4.69) is 0 Å². The number of hydrogen-bond acceptors (Lipinski definition) is 0. The molecule has 0 spiro atoms. The standard InChI is InChI=1S/C24H14F8N2/c25-21-13-17(1-3-19(21)23(27,28)29)33-9-5-15(6-10-33)16-7-11-34(12-8-16)18-2-4-20(22(26)14-18)24(30,31)32/h1-14H/q+2. The van der Waals surface area contributed by atoms with E-state index in [1.807, 2.05) is 0 Å².